The Labute approximate surface area is 167 Å². The van der Waals surface area contributed by atoms with E-state index in [9.17, 15) is 9.59 Å². The minimum atomic E-state index is -0.0608. The van der Waals surface area contributed by atoms with Crippen LogP contribution in [0.3, 0.4) is 0 Å². The fourth-order valence-corrected chi connectivity index (χ4v) is 4.59. The molecule has 1 saturated carbocycles. The molecule has 3 heterocycles. The van der Waals surface area contributed by atoms with Crippen molar-refractivity contribution in [2.24, 2.45) is 11.3 Å². The molecule has 0 aromatic carbocycles. The van der Waals surface area contributed by atoms with Crippen molar-refractivity contribution in [3.63, 3.8) is 0 Å². The monoisotopic (exact) mass is 384 g/mol. The van der Waals surface area contributed by atoms with Crippen LogP contribution in [-0.4, -0.2) is 58.8 Å². The van der Waals surface area contributed by atoms with Gasteiger partial charge in [-0.05, 0) is 57.2 Å². The highest BCUT2D eigenvalue weighted by atomic mass is 16.2. The van der Waals surface area contributed by atoms with E-state index in [1.54, 1.807) is 6.20 Å². The van der Waals surface area contributed by atoms with Gasteiger partial charge in [0.05, 0.1) is 18.2 Å². The number of aromatic nitrogens is 1. The van der Waals surface area contributed by atoms with Crippen LogP contribution in [0.5, 0.6) is 0 Å². The first-order valence-corrected chi connectivity index (χ1v) is 10.8. The molecule has 3 aliphatic rings. The van der Waals surface area contributed by atoms with Gasteiger partial charge in [0.15, 0.2) is 0 Å². The molecule has 2 aliphatic heterocycles. The molecule has 0 bridgehead atoms. The molecule has 0 spiro atoms. The minimum absolute atomic E-state index is 0.0579. The van der Waals surface area contributed by atoms with Crippen molar-refractivity contribution in [2.75, 3.05) is 26.2 Å². The van der Waals surface area contributed by atoms with Gasteiger partial charge in [-0.15, -0.1) is 0 Å². The van der Waals surface area contributed by atoms with E-state index in [0.717, 1.165) is 70.4 Å². The first-order chi connectivity index (χ1) is 13.5. The summed E-state index contributed by atoms with van der Waals surface area (Å²) in [4.78, 5) is 34.0. The van der Waals surface area contributed by atoms with E-state index >= 15 is 0 Å². The zero-order valence-corrected chi connectivity index (χ0v) is 16.9. The van der Waals surface area contributed by atoms with Gasteiger partial charge in [0.1, 0.15) is 0 Å². The predicted octanol–water partition coefficient (Wildman–Crippen LogP) is 2.20. The summed E-state index contributed by atoms with van der Waals surface area (Å²) in [5.41, 5.74) is 0.833. The third-order valence-electron chi connectivity index (χ3n) is 6.78. The van der Waals surface area contributed by atoms with Gasteiger partial charge < -0.3 is 10.2 Å². The van der Waals surface area contributed by atoms with Gasteiger partial charge >= 0.3 is 0 Å². The number of likely N-dealkylation sites (tertiary alicyclic amines) is 2. The summed E-state index contributed by atoms with van der Waals surface area (Å²) in [7, 11) is 0. The third-order valence-corrected chi connectivity index (χ3v) is 6.78. The van der Waals surface area contributed by atoms with Crippen molar-refractivity contribution >= 4 is 11.8 Å². The highest BCUT2D eigenvalue weighted by Gasteiger charge is 2.47. The van der Waals surface area contributed by atoms with Crippen molar-refractivity contribution in [1.82, 2.24) is 20.1 Å². The van der Waals surface area contributed by atoms with E-state index in [2.05, 4.69) is 27.0 Å². The average Bonchev–Trinajstić information content (AvgIpc) is 3.51. The Morgan fingerprint density at radius 2 is 1.96 bits per heavy atom. The summed E-state index contributed by atoms with van der Waals surface area (Å²) in [5.74, 6) is 0.559. The van der Waals surface area contributed by atoms with Crippen LogP contribution in [0, 0.1) is 11.3 Å². The molecule has 3 fully saturated rings. The second kappa shape index (κ2) is 8.19. The van der Waals surface area contributed by atoms with Crippen LogP contribution in [0.2, 0.25) is 0 Å². The van der Waals surface area contributed by atoms with E-state index in [1.165, 1.54) is 0 Å². The fraction of sp³-hybridized carbons (Fsp3) is 0.682. The van der Waals surface area contributed by atoms with Gasteiger partial charge in [-0.1, -0.05) is 13.0 Å². The number of pyridine rings is 1. The van der Waals surface area contributed by atoms with E-state index < -0.39 is 0 Å². The Bertz CT molecular complexity index is 696. The largest absolute Gasteiger partial charge is 0.350 e. The van der Waals surface area contributed by atoms with Crippen LogP contribution in [-0.2, 0) is 16.1 Å². The molecule has 4 rings (SSSR count). The maximum Gasteiger partial charge on any atom is 0.228 e. The first kappa shape index (κ1) is 19.4. The van der Waals surface area contributed by atoms with Gasteiger partial charge in [0.2, 0.25) is 11.8 Å². The van der Waals surface area contributed by atoms with Crippen LogP contribution in [0.15, 0.2) is 24.4 Å². The zero-order valence-electron chi connectivity index (χ0n) is 16.9. The molecular formula is C22H32N4O2. The Hall–Kier alpha value is -1.95. The maximum absolute atomic E-state index is 12.6. The highest BCUT2D eigenvalue weighted by Crippen LogP contribution is 2.46. The van der Waals surface area contributed by atoms with E-state index in [0.29, 0.717) is 18.5 Å². The summed E-state index contributed by atoms with van der Waals surface area (Å²) in [6.45, 7) is 6.23. The summed E-state index contributed by atoms with van der Waals surface area (Å²) < 4.78 is 0. The lowest BCUT2D eigenvalue weighted by atomic mass is 9.93. The molecule has 6 nitrogen and oxygen atoms in total. The van der Waals surface area contributed by atoms with Gasteiger partial charge in [0, 0.05) is 37.3 Å². The number of hydrogen-bond donors (Lipinski definition) is 1. The van der Waals surface area contributed by atoms with Crippen molar-refractivity contribution in [2.45, 2.75) is 58.0 Å². The molecule has 2 saturated heterocycles. The topological polar surface area (TPSA) is 65.5 Å². The quantitative estimate of drug-likeness (QED) is 0.845. The van der Waals surface area contributed by atoms with E-state index in [-0.39, 0.29) is 17.2 Å². The molecule has 0 radical (unpaired) electrons. The molecule has 28 heavy (non-hydrogen) atoms. The van der Waals surface area contributed by atoms with Gasteiger partial charge in [0.25, 0.3) is 0 Å². The number of hydrogen-bond acceptors (Lipinski definition) is 4. The SMILES string of the molecule is CC1(C(=O)N2CCC(N3CCCC(C(=O)NCc4ccccn4)C3)CC2)CC1. The molecule has 2 amide bonds. The Balaban J connectivity index is 1.25. The van der Waals surface area contributed by atoms with Gasteiger partial charge in [-0.2, -0.15) is 0 Å². The van der Waals surface area contributed by atoms with Crippen molar-refractivity contribution in [3.05, 3.63) is 30.1 Å². The van der Waals surface area contributed by atoms with Crippen molar-refractivity contribution in [1.29, 1.82) is 0 Å². The minimum Gasteiger partial charge on any atom is -0.350 e. The van der Waals surface area contributed by atoms with Crippen LogP contribution < -0.4 is 5.32 Å². The summed E-state index contributed by atoms with van der Waals surface area (Å²) in [5, 5.41) is 3.06. The molecular weight excluding hydrogens is 352 g/mol. The molecule has 6 heteroatoms. The standard InChI is InChI=1S/C22H32N4O2/c1-22(9-10-22)21(28)25-13-7-19(8-14-25)26-12-4-5-17(16-26)20(27)24-15-18-6-2-3-11-23-18/h2-3,6,11,17,19H,4-5,7-10,12-16H2,1H3,(H,24,27). The second-order valence-corrected chi connectivity index (χ2v) is 8.96. The molecule has 1 N–H and O–H groups in total. The van der Waals surface area contributed by atoms with Crippen molar-refractivity contribution < 1.29 is 9.59 Å². The molecule has 1 aromatic rings. The van der Waals surface area contributed by atoms with Crippen LogP contribution >= 0.6 is 0 Å². The Kier molecular flexibility index (Phi) is 5.67. The number of nitrogens with zero attached hydrogens (tertiary/aromatic N) is 3. The summed E-state index contributed by atoms with van der Waals surface area (Å²) >= 11 is 0. The summed E-state index contributed by atoms with van der Waals surface area (Å²) in [6, 6.07) is 6.26. The first-order valence-electron chi connectivity index (χ1n) is 10.8. The second-order valence-electron chi connectivity index (χ2n) is 8.96. The van der Waals surface area contributed by atoms with Crippen LogP contribution in [0.4, 0.5) is 0 Å². The lowest BCUT2D eigenvalue weighted by molar-refractivity contribution is -0.138. The van der Waals surface area contributed by atoms with Gasteiger partial charge in [-0.25, -0.2) is 0 Å². The smallest absolute Gasteiger partial charge is 0.228 e. The molecule has 1 unspecified atom stereocenters. The molecule has 1 aromatic heterocycles. The maximum atomic E-state index is 12.6. The van der Waals surface area contributed by atoms with Crippen molar-refractivity contribution in [3.8, 4) is 0 Å². The van der Waals surface area contributed by atoms with E-state index in [1.807, 2.05) is 18.2 Å². The Morgan fingerprint density at radius 3 is 2.64 bits per heavy atom. The number of carbonyl (C=O) groups excluding carboxylic acids is 2. The molecule has 1 aliphatic carbocycles. The number of carbonyl (C=O) groups is 2. The lowest BCUT2D eigenvalue weighted by Gasteiger charge is -2.42. The number of piperidine rings is 2. The Morgan fingerprint density at radius 1 is 1.18 bits per heavy atom. The predicted molar refractivity (Wildman–Crippen MR) is 107 cm³/mol. The number of amides is 2. The van der Waals surface area contributed by atoms with Crippen LogP contribution in [0.25, 0.3) is 0 Å². The number of rotatable bonds is 5. The zero-order chi connectivity index (χ0) is 19.6. The van der Waals surface area contributed by atoms with Crippen LogP contribution in [0.1, 0.15) is 51.1 Å². The summed E-state index contributed by atoms with van der Waals surface area (Å²) in [6.07, 6.45) is 7.94. The lowest BCUT2D eigenvalue weighted by Crippen LogP contribution is -2.52. The average molecular weight is 385 g/mol. The molecule has 152 valence electrons. The number of nitrogens with one attached hydrogen (secondary N) is 1. The van der Waals surface area contributed by atoms with Gasteiger partial charge in [-0.3, -0.25) is 19.5 Å². The normalized spacial score (nSPS) is 25.3. The van der Waals surface area contributed by atoms with E-state index in [4.69, 9.17) is 0 Å². The third kappa shape index (κ3) is 4.37. The molecule has 1 atom stereocenters. The fourth-order valence-electron chi connectivity index (χ4n) is 4.59. The highest BCUT2D eigenvalue weighted by molar-refractivity contribution is 5.85.